The van der Waals surface area contributed by atoms with Crippen molar-refractivity contribution < 1.29 is 9.53 Å². The third-order valence-electron chi connectivity index (χ3n) is 5.58. The van der Waals surface area contributed by atoms with Gasteiger partial charge in [-0.2, -0.15) is 10.2 Å². The van der Waals surface area contributed by atoms with Crippen LogP contribution in [0.2, 0.25) is 0 Å². The first-order valence-electron chi connectivity index (χ1n) is 11.2. The molecule has 1 atom stereocenters. The van der Waals surface area contributed by atoms with Crippen LogP contribution in [0.25, 0.3) is 11.0 Å². The van der Waals surface area contributed by atoms with Gasteiger partial charge in [0.2, 0.25) is 5.95 Å². The van der Waals surface area contributed by atoms with Gasteiger partial charge < -0.3 is 19.9 Å². The summed E-state index contributed by atoms with van der Waals surface area (Å²) in [5.74, 6) is 0.496. The van der Waals surface area contributed by atoms with E-state index in [2.05, 4.69) is 32.3 Å². The Bertz CT molecular complexity index is 1320. The smallest absolute Gasteiger partial charge is 0.407 e. The SMILES string of the molecule is CC(C)(C)OC(=O)N[C@@H]1CCCN(c2nc3[nH]c(Br)cc3c(=O)n2Cc2ccccc2C#N)C1. The lowest BCUT2D eigenvalue weighted by molar-refractivity contribution is 0.0499. The minimum absolute atomic E-state index is 0.147. The van der Waals surface area contributed by atoms with Crippen molar-refractivity contribution in [3.8, 4) is 6.07 Å². The minimum Gasteiger partial charge on any atom is -0.444 e. The molecular weight excluding hydrogens is 500 g/mol. The fourth-order valence-electron chi connectivity index (χ4n) is 4.13. The predicted octanol–water partition coefficient (Wildman–Crippen LogP) is 3.90. The van der Waals surface area contributed by atoms with Crippen LogP contribution in [0.5, 0.6) is 0 Å². The number of rotatable bonds is 4. The second kappa shape index (κ2) is 9.50. The van der Waals surface area contributed by atoms with Crippen LogP contribution in [0.1, 0.15) is 44.7 Å². The zero-order valence-electron chi connectivity index (χ0n) is 19.4. The molecule has 0 aliphatic carbocycles. The number of benzene rings is 1. The third-order valence-corrected chi connectivity index (χ3v) is 6.01. The lowest BCUT2D eigenvalue weighted by atomic mass is 10.1. The van der Waals surface area contributed by atoms with Gasteiger partial charge in [0.05, 0.1) is 28.2 Å². The minimum atomic E-state index is -0.583. The number of carbonyl (C=O) groups excluding carboxylic acids is 1. The van der Waals surface area contributed by atoms with E-state index >= 15 is 0 Å². The number of alkyl carbamates (subject to hydrolysis) is 1. The third kappa shape index (κ3) is 5.25. The van der Waals surface area contributed by atoms with Crippen molar-refractivity contribution in [2.45, 2.75) is 51.8 Å². The molecule has 0 saturated carbocycles. The molecule has 1 aliphatic heterocycles. The van der Waals surface area contributed by atoms with Crippen molar-refractivity contribution in [1.29, 1.82) is 5.26 Å². The first-order chi connectivity index (χ1) is 16.1. The summed E-state index contributed by atoms with van der Waals surface area (Å²) in [6, 6.07) is 11.0. The van der Waals surface area contributed by atoms with Gasteiger partial charge in [-0.3, -0.25) is 9.36 Å². The summed E-state index contributed by atoms with van der Waals surface area (Å²) in [5, 5.41) is 12.9. The molecular formula is C24H27BrN6O3. The zero-order valence-corrected chi connectivity index (χ0v) is 21.0. The number of fused-ring (bicyclic) bond motifs is 1. The van der Waals surface area contributed by atoms with E-state index in [-0.39, 0.29) is 18.1 Å². The molecule has 1 aliphatic rings. The summed E-state index contributed by atoms with van der Waals surface area (Å²) in [7, 11) is 0. The number of ether oxygens (including phenoxy) is 1. The molecule has 1 amide bonds. The Balaban J connectivity index is 1.69. The van der Waals surface area contributed by atoms with Crippen LogP contribution in [0.4, 0.5) is 10.7 Å². The summed E-state index contributed by atoms with van der Waals surface area (Å²) in [4.78, 5) is 35.7. The number of nitriles is 1. The predicted molar refractivity (Wildman–Crippen MR) is 133 cm³/mol. The molecule has 9 nitrogen and oxygen atoms in total. The zero-order chi connectivity index (χ0) is 24.5. The van der Waals surface area contributed by atoms with Crippen LogP contribution >= 0.6 is 15.9 Å². The number of aromatic amines is 1. The number of halogens is 1. The molecule has 1 saturated heterocycles. The molecule has 0 bridgehead atoms. The highest BCUT2D eigenvalue weighted by atomic mass is 79.9. The van der Waals surface area contributed by atoms with Gasteiger partial charge in [0.1, 0.15) is 11.2 Å². The normalized spacial score (nSPS) is 16.3. The van der Waals surface area contributed by atoms with Gasteiger partial charge in [-0.25, -0.2) is 4.79 Å². The van der Waals surface area contributed by atoms with E-state index in [4.69, 9.17) is 9.72 Å². The largest absolute Gasteiger partial charge is 0.444 e. The van der Waals surface area contributed by atoms with Crippen molar-refractivity contribution in [3.05, 3.63) is 56.4 Å². The van der Waals surface area contributed by atoms with Crippen LogP contribution in [0, 0.1) is 11.3 Å². The van der Waals surface area contributed by atoms with E-state index < -0.39 is 11.7 Å². The molecule has 0 unspecified atom stereocenters. The Morgan fingerprint density at radius 1 is 1.38 bits per heavy atom. The van der Waals surface area contributed by atoms with Crippen molar-refractivity contribution in [3.63, 3.8) is 0 Å². The average Bonchev–Trinajstić information content (AvgIpc) is 3.15. The number of H-pyrrole nitrogens is 1. The quantitative estimate of drug-likeness (QED) is 0.532. The number of aromatic nitrogens is 3. The number of anilines is 1. The van der Waals surface area contributed by atoms with Gasteiger partial charge in [0.15, 0.2) is 0 Å². The van der Waals surface area contributed by atoms with Crippen LogP contribution < -0.4 is 15.8 Å². The fourth-order valence-corrected chi connectivity index (χ4v) is 4.55. The Labute approximate surface area is 205 Å². The van der Waals surface area contributed by atoms with Gasteiger partial charge in [-0.05, 0) is 67.2 Å². The van der Waals surface area contributed by atoms with E-state index in [0.717, 1.165) is 18.4 Å². The Hall–Kier alpha value is -3.32. The monoisotopic (exact) mass is 526 g/mol. The van der Waals surface area contributed by atoms with Crippen LogP contribution in [-0.4, -0.2) is 45.4 Å². The topological polar surface area (TPSA) is 116 Å². The molecule has 10 heteroatoms. The molecule has 1 aromatic carbocycles. The molecule has 0 radical (unpaired) electrons. The number of amides is 1. The lowest BCUT2D eigenvalue weighted by Crippen LogP contribution is -2.50. The average molecular weight is 527 g/mol. The molecule has 3 aromatic rings. The van der Waals surface area contributed by atoms with Gasteiger partial charge >= 0.3 is 6.09 Å². The molecule has 0 spiro atoms. The summed E-state index contributed by atoms with van der Waals surface area (Å²) in [6.07, 6.45) is 1.15. The Morgan fingerprint density at radius 3 is 2.88 bits per heavy atom. The number of hydrogen-bond donors (Lipinski definition) is 2. The van der Waals surface area contributed by atoms with Crippen molar-refractivity contribution >= 4 is 39.0 Å². The van der Waals surface area contributed by atoms with E-state index in [9.17, 15) is 14.9 Å². The van der Waals surface area contributed by atoms with Gasteiger partial charge in [0, 0.05) is 19.1 Å². The van der Waals surface area contributed by atoms with Crippen LogP contribution in [0.3, 0.4) is 0 Å². The summed E-state index contributed by atoms with van der Waals surface area (Å²) >= 11 is 3.39. The molecule has 178 valence electrons. The first-order valence-corrected chi connectivity index (χ1v) is 12.0. The number of piperidine rings is 1. The van der Waals surface area contributed by atoms with Crippen LogP contribution in [-0.2, 0) is 11.3 Å². The molecule has 4 rings (SSSR count). The van der Waals surface area contributed by atoms with E-state index in [1.807, 2.05) is 37.8 Å². The highest BCUT2D eigenvalue weighted by Gasteiger charge is 2.27. The van der Waals surface area contributed by atoms with Crippen LogP contribution in [0.15, 0.2) is 39.7 Å². The summed E-state index contributed by atoms with van der Waals surface area (Å²) in [6.45, 7) is 6.86. The molecule has 2 aromatic heterocycles. The van der Waals surface area contributed by atoms with E-state index in [1.165, 1.54) is 0 Å². The summed E-state index contributed by atoms with van der Waals surface area (Å²) < 4.78 is 7.68. The van der Waals surface area contributed by atoms with Gasteiger partial charge in [-0.1, -0.05) is 18.2 Å². The second-order valence-electron chi connectivity index (χ2n) is 9.38. The fraction of sp³-hybridized carbons (Fsp3) is 0.417. The van der Waals surface area contributed by atoms with Gasteiger partial charge in [0.25, 0.3) is 5.56 Å². The number of hydrogen-bond acceptors (Lipinski definition) is 6. The standard InChI is InChI=1S/C24H27BrN6O3/c1-24(2,3)34-23(33)27-17-9-6-10-30(14-17)22-29-20-18(11-19(25)28-20)21(32)31(22)13-16-8-5-4-7-15(16)12-26/h4-5,7-8,11,17,28H,6,9-10,13-14H2,1-3H3,(H,27,33)/t17-/m1/s1. The Morgan fingerprint density at radius 2 is 2.15 bits per heavy atom. The molecule has 2 N–H and O–H groups in total. The second-order valence-corrected chi connectivity index (χ2v) is 10.2. The number of nitrogens with zero attached hydrogens (tertiary/aromatic N) is 4. The van der Waals surface area contributed by atoms with Crippen molar-refractivity contribution in [2.24, 2.45) is 0 Å². The van der Waals surface area contributed by atoms with E-state index in [0.29, 0.717) is 40.2 Å². The maximum absolute atomic E-state index is 13.5. The van der Waals surface area contributed by atoms with Crippen molar-refractivity contribution in [1.82, 2.24) is 19.9 Å². The van der Waals surface area contributed by atoms with Gasteiger partial charge in [-0.15, -0.1) is 0 Å². The van der Waals surface area contributed by atoms with Crippen molar-refractivity contribution in [2.75, 3.05) is 18.0 Å². The maximum atomic E-state index is 13.5. The highest BCUT2D eigenvalue weighted by Crippen LogP contribution is 2.23. The number of carbonyl (C=O) groups is 1. The lowest BCUT2D eigenvalue weighted by Gasteiger charge is -2.35. The first kappa shape index (κ1) is 23.8. The highest BCUT2D eigenvalue weighted by molar-refractivity contribution is 9.10. The Kier molecular flexibility index (Phi) is 6.66. The summed E-state index contributed by atoms with van der Waals surface area (Å²) in [5.41, 5.74) is 0.958. The molecule has 1 fully saturated rings. The molecule has 3 heterocycles. The number of nitrogens with one attached hydrogen (secondary N) is 2. The van der Waals surface area contributed by atoms with E-state index in [1.54, 1.807) is 22.8 Å². The molecule has 34 heavy (non-hydrogen) atoms. The maximum Gasteiger partial charge on any atom is 0.407 e.